The van der Waals surface area contributed by atoms with Crippen molar-refractivity contribution in [3.8, 4) is 17.2 Å². The number of hydrogen-bond donors (Lipinski definition) is 1. The number of nitrogens with two attached hydrogens (primary N) is 1. The summed E-state index contributed by atoms with van der Waals surface area (Å²) in [6.45, 7) is 2.72. The molecule has 0 atom stereocenters. The molecule has 2 N–H and O–H groups in total. The number of aryl methyl sites for hydroxylation is 1. The number of ether oxygens (including phenoxy) is 2. The number of hydrogen-bond acceptors (Lipinski definition) is 3. The highest BCUT2D eigenvalue weighted by Gasteiger charge is 2.09. The largest absolute Gasteiger partial charge is 0.493 e. The van der Waals surface area contributed by atoms with Gasteiger partial charge in [0.05, 0.1) is 7.11 Å². The van der Waals surface area contributed by atoms with Crippen LogP contribution < -0.4 is 15.2 Å². The molecule has 0 saturated heterocycles. The fourth-order valence-electron chi connectivity index (χ4n) is 2.10. The lowest BCUT2D eigenvalue weighted by molar-refractivity contribution is 0.377. The van der Waals surface area contributed by atoms with E-state index in [1.54, 1.807) is 7.11 Å². The fourth-order valence-corrected chi connectivity index (χ4v) is 2.10. The fraction of sp³-hybridized carbons (Fsp3) is 0.294. The smallest absolute Gasteiger partial charge is 0.169 e. The van der Waals surface area contributed by atoms with Gasteiger partial charge in [0.1, 0.15) is 5.75 Å². The predicted molar refractivity (Wildman–Crippen MR) is 81.6 cm³/mol. The zero-order valence-corrected chi connectivity index (χ0v) is 12.1. The van der Waals surface area contributed by atoms with Crippen molar-refractivity contribution >= 4 is 0 Å². The van der Waals surface area contributed by atoms with Gasteiger partial charge in [0.25, 0.3) is 0 Å². The van der Waals surface area contributed by atoms with Gasteiger partial charge in [-0.2, -0.15) is 0 Å². The van der Waals surface area contributed by atoms with Gasteiger partial charge in [0.2, 0.25) is 0 Å². The van der Waals surface area contributed by atoms with Crippen LogP contribution in [0, 0.1) is 0 Å². The highest BCUT2D eigenvalue weighted by Crippen LogP contribution is 2.34. The highest BCUT2D eigenvalue weighted by molar-refractivity contribution is 5.47. The molecule has 0 bridgehead atoms. The van der Waals surface area contributed by atoms with E-state index in [1.807, 2.05) is 36.4 Å². The molecular formula is C17H21NO2. The first-order chi connectivity index (χ1) is 9.78. The van der Waals surface area contributed by atoms with Crippen LogP contribution in [-0.2, 0) is 12.8 Å². The molecule has 3 nitrogen and oxygen atoms in total. The van der Waals surface area contributed by atoms with Crippen molar-refractivity contribution in [2.45, 2.75) is 19.8 Å². The summed E-state index contributed by atoms with van der Waals surface area (Å²) in [5.41, 5.74) is 7.97. The molecular weight excluding hydrogens is 250 g/mol. The van der Waals surface area contributed by atoms with Crippen LogP contribution in [-0.4, -0.2) is 13.7 Å². The number of benzene rings is 2. The standard InChI is InChI=1S/C17H21NO2/c1-3-13-8-9-16(17(12-13)19-2)20-15-7-5-4-6-14(15)10-11-18/h4-9,12H,3,10-11,18H2,1-2H3. The molecule has 0 aromatic heterocycles. The van der Waals surface area contributed by atoms with Gasteiger partial charge >= 0.3 is 0 Å². The van der Waals surface area contributed by atoms with E-state index in [4.69, 9.17) is 15.2 Å². The van der Waals surface area contributed by atoms with E-state index >= 15 is 0 Å². The Morgan fingerprint density at radius 2 is 1.80 bits per heavy atom. The minimum atomic E-state index is 0.603. The first kappa shape index (κ1) is 14.4. The monoisotopic (exact) mass is 271 g/mol. The van der Waals surface area contributed by atoms with Crippen molar-refractivity contribution in [2.75, 3.05) is 13.7 Å². The molecule has 0 aliphatic heterocycles. The average molecular weight is 271 g/mol. The van der Waals surface area contributed by atoms with Gasteiger partial charge in [0.15, 0.2) is 11.5 Å². The Balaban J connectivity index is 2.30. The van der Waals surface area contributed by atoms with Crippen molar-refractivity contribution in [3.05, 3.63) is 53.6 Å². The minimum absolute atomic E-state index is 0.603. The molecule has 2 aromatic rings. The van der Waals surface area contributed by atoms with Crippen LogP contribution in [0.2, 0.25) is 0 Å². The van der Waals surface area contributed by atoms with Crippen LogP contribution in [0.5, 0.6) is 17.2 Å². The van der Waals surface area contributed by atoms with Crippen molar-refractivity contribution in [3.63, 3.8) is 0 Å². The Hall–Kier alpha value is -2.00. The van der Waals surface area contributed by atoms with Crippen LogP contribution in [0.25, 0.3) is 0 Å². The first-order valence-electron chi connectivity index (χ1n) is 6.91. The molecule has 0 heterocycles. The normalized spacial score (nSPS) is 10.3. The van der Waals surface area contributed by atoms with Gasteiger partial charge in [-0.3, -0.25) is 0 Å². The van der Waals surface area contributed by atoms with Gasteiger partial charge in [-0.05, 0) is 48.7 Å². The number of rotatable bonds is 6. The van der Waals surface area contributed by atoms with Gasteiger partial charge in [0, 0.05) is 0 Å². The maximum absolute atomic E-state index is 6.00. The minimum Gasteiger partial charge on any atom is -0.493 e. The number of methoxy groups -OCH3 is 1. The lowest BCUT2D eigenvalue weighted by atomic mass is 10.1. The summed E-state index contributed by atoms with van der Waals surface area (Å²) in [7, 11) is 1.66. The van der Waals surface area contributed by atoms with Gasteiger partial charge < -0.3 is 15.2 Å². The van der Waals surface area contributed by atoms with Crippen molar-refractivity contribution < 1.29 is 9.47 Å². The molecule has 106 valence electrons. The van der Waals surface area contributed by atoms with E-state index in [-0.39, 0.29) is 0 Å². The molecule has 0 amide bonds. The summed E-state index contributed by atoms with van der Waals surface area (Å²) in [5, 5.41) is 0. The van der Waals surface area contributed by atoms with Gasteiger partial charge in [-0.25, -0.2) is 0 Å². The second-order valence-electron chi connectivity index (χ2n) is 4.59. The zero-order chi connectivity index (χ0) is 14.4. The lowest BCUT2D eigenvalue weighted by Crippen LogP contribution is -2.04. The summed E-state index contributed by atoms with van der Waals surface area (Å²) < 4.78 is 11.4. The van der Waals surface area contributed by atoms with Crippen LogP contribution >= 0.6 is 0 Å². The quantitative estimate of drug-likeness (QED) is 0.873. The molecule has 0 saturated carbocycles. The predicted octanol–water partition coefficient (Wildman–Crippen LogP) is 3.55. The molecule has 3 heteroatoms. The molecule has 2 aromatic carbocycles. The van der Waals surface area contributed by atoms with E-state index in [0.717, 1.165) is 35.7 Å². The third-order valence-corrected chi connectivity index (χ3v) is 3.24. The van der Waals surface area contributed by atoms with Crippen LogP contribution in [0.3, 0.4) is 0 Å². The lowest BCUT2D eigenvalue weighted by Gasteiger charge is -2.14. The van der Waals surface area contributed by atoms with Gasteiger partial charge in [-0.1, -0.05) is 31.2 Å². The summed E-state index contributed by atoms with van der Waals surface area (Å²) in [6, 6.07) is 14.0. The van der Waals surface area contributed by atoms with Gasteiger partial charge in [-0.15, -0.1) is 0 Å². The topological polar surface area (TPSA) is 44.5 Å². The molecule has 20 heavy (non-hydrogen) atoms. The van der Waals surface area contributed by atoms with E-state index in [2.05, 4.69) is 13.0 Å². The van der Waals surface area contributed by atoms with Crippen molar-refractivity contribution in [2.24, 2.45) is 5.73 Å². The maximum Gasteiger partial charge on any atom is 0.169 e. The molecule has 0 spiro atoms. The Labute approximate surface area is 120 Å². The molecule has 0 aliphatic carbocycles. The summed E-state index contributed by atoms with van der Waals surface area (Å²) >= 11 is 0. The molecule has 0 radical (unpaired) electrons. The number of para-hydroxylation sites is 1. The molecule has 0 aliphatic rings. The summed E-state index contributed by atoms with van der Waals surface area (Å²) in [6.07, 6.45) is 1.77. The first-order valence-corrected chi connectivity index (χ1v) is 6.91. The maximum atomic E-state index is 6.00. The second-order valence-corrected chi connectivity index (χ2v) is 4.59. The Kier molecular flexibility index (Phi) is 5.02. The average Bonchev–Trinajstić information content (AvgIpc) is 2.50. The second kappa shape index (κ2) is 6.96. The van der Waals surface area contributed by atoms with E-state index in [0.29, 0.717) is 6.54 Å². The Morgan fingerprint density at radius 1 is 1.00 bits per heavy atom. The third-order valence-electron chi connectivity index (χ3n) is 3.24. The van der Waals surface area contributed by atoms with E-state index < -0.39 is 0 Å². The molecule has 2 rings (SSSR count). The zero-order valence-electron chi connectivity index (χ0n) is 12.1. The third kappa shape index (κ3) is 3.31. The Bertz CT molecular complexity index is 567. The summed E-state index contributed by atoms with van der Waals surface area (Å²) in [5.74, 6) is 2.32. The van der Waals surface area contributed by atoms with E-state index in [1.165, 1.54) is 5.56 Å². The highest BCUT2D eigenvalue weighted by atomic mass is 16.5. The Morgan fingerprint density at radius 3 is 2.50 bits per heavy atom. The van der Waals surface area contributed by atoms with E-state index in [9.17, 15) is 0 Å². The van der Waals surface area contributed by atoms with Crippen LogP contribution in [0.4, 0.5) is 0 Å². The SMILES string of the molecule is CCc1ccc(Oc2ccccc2CCN)c(OC)c1. The molecule has 0 unspecified atom stereocenters. The van der Waals surface area contributed by atoms with Crippen LogP contribution in [0.1, 0.15) is 18.1 Å². The van der Waals surface area contributed by atoms with Crippen LogP contribution in [0.15, 0.2) is 42.5 Å². The van der Waals surface area contributed by atoms with Crippen molar-refractivity contribution in [1.82, 2.24) is 0 Å². The molecule has 0 fully saturated rings. The van der Waals surface area contributed by atoms with Crippen molar-refractivity contribution in [1.29, 1.82) is 0 Å². The summed E-state index contributed by atoms with van der Waals surface area (Å²) in [4.78, 5) is 0.